The van der Waals surface area contributed by atoms with Crippen LogP contribution in [0.5, 0.6) is 0 Å². The highest BCUT2D eigenvalue weighted by Gasteiger charge is 2.20. The maximum absolute atomic E-state index is 2.46. The first-order chi connectivity index (χ1) is 6.11. The molecular weight excluding hydrogens is 160 g/mol. The monoisotopic (exact) mass is 186 g/mol. The van der Waals surface area contributed by atoms with Crippen LogP contribution in [0.25, 0.3) is 0 Å². The molecule has 1 aliphatic heterocycles. The van der Waals surface area contributed by atoms with Crippen molar-refractivity contribution in [2.24, 2.45) is 0 Å². The van der Waals surface area contributed by atoms with Crippen molar-refractivity contribution >= 4 is 0 Å². The predicted molar refractivity (Wildman–Crippen MR) is 60.2 cm³/mol. The Morgan fingerprint density at radius 3 is 2.15 bits per heavy atom. The molecule has 1 aliphatic rings. The number of hydrogen-bond acceptors (Lipinski definition) is 2. The number of nitrogens with zero attached hydrogens (tertiary/aromatic N) is 2. The van der Waals surface area contributed by atoms with Gasteiger partial charge in [0, 0.05) is 12.6 Å². The minimum absolute atomic E-state index is 0.815. The fourth-order valence-corrected chi connectivity index (χ4v) is 1.63. The van der Waals surface area contributed by atoms with Gasteiger partial charge >= 0.3 is 0 Å². The van der Waals surface area contributed by atoms with E-state index in [-0.39, 0.29) is 0 Å². The van der Waals surface area contributed by atoms with E-state index in [0.29, 0.717) is 0 Å². The second-order valence-electron chi connectivity index (χ2n) is 4.25. The smallest absolute Gasteiger partial charge is 0.0220 e. The molecule has 0 aromatic heterocycles. The van der Waals surface area contributed by atoms with Gasteiger partial charge in [-0.1, -0.05) is 20.3 Å². The summed E-state index contributed by atoms with van der Waals surface area (Å²) in [7, 11) is 6.51. The molecule has 0 aromatic carbocycles. The van der Waals surface area contributed by atoms with Gasteiger partial charge in [-0.25, -0.2) is 0 Å². The molecule has 0 radical (unpaired) electrons. The Hall–Kier alpha value is -0.0800. The van der Waals surface area contributed by atoms with Crippen LogP contribution in [0.4, 0.5) is 0 Å². The fourth-order valence-electron chi connectivity index (χ4n) is 1.63. The number of hydrogen-bond donors (Lipinski definition) is 0. The van der Waals surface area contributed by atoms with E-state index >= 15 is 0 Å². The minimum Gasteiger partial charge on any atom is -0.308 e. The van der Waals surface area contributed by atoms with Gasteiger partial charge in [0.05, 0.1) is 0 Å². The summed E-state index contributed by atoms with van der Waals surface area (Å²) in [6, 6.07) is 0.815. The Kier molecular flexibility index (Phi) is 7.29. The van der Waals surface area contributed by atoms with Crippen LogP contribution in [0.2, 0.25) is 0 Å². The molecule has 80 valence electrons. The van der Waals surface area contributed by atoms with E-state index in [1.54, 1.807) is 0 Å². The lowest BCUT2D eigenvalue weighted by Crippen LogP contribution is -2.34. The summed E-state index contributed by atoms with van der Waals surface area (Å²) in [4.78, 5) is 4.73. The molecular formula is C11H26N2. The predicted octanol–water partition coefficient (Wildman–Crippen LogP) is 2.06. The van der Waals surface area contributed by atoms with Gasteiger partial charge in [-0.05, 0) is 40.5 Å². The molecule has 0 bridgehead atoms. The van der Waals surface area contributed by atoms with Crippen LogP contribution in [0, 0.1) is 0 Å². The third-order valence-corrected chi connectivity index (χ3v) is 2.25. The normalized spacial score (nSPS) is 23.1. The molecule has 1 saturated heterocycles. The molecule has 1 atom stereocenters. The molecule has 1 unspecified atom stereocenters. The second-order valence-corrected chi connectivity index (χ2v) is 4.25. The SMILES string of the molecule is CCC.CN(C)CC1CCCN1C. The third kappa shape index (κ3) is 6.05. The van der Waals surface area contributed by atoms with Crippen molar-refractivity contribution < 1.29 is 0 Å². The summed E-state index contributed by atoms with van der Waals surface area (Å²) in [5, 5.41) is 0. The van der Waals surface area contributed by atoms with Crippen LogP contribution in [-0.4, -0.2) is 50.1 Å². The van der Waals surface area contributed by atoms with Gasteiger partial charge < -0.3 is 9.80 Å². The first-order valence-electron chi connectivity index (χ1n) is 5.46. The highest BCUT2D eigenvalue weighted by atomic mass is 15.2. The Bertz CT molecular complexity index is 113. The summed E-state index contributed by atoms with van der Waals surface area (Å²) in [5.74, 6) is 0. The summed E-state index contributed by atoms with van der Waals surface area (Å²) in [6.07, 6.45) is 4.02. The number of rotatable bonds is 2. The zero-order valence-electron chi connectivity index (χ0n) is 10.0. The fraction of sp³-hybridized carbons (Fsp3) is 1.00. The van der Waals surface area contributed by atoms with Crippen molar-refractivity contribution in [3.8, 4) is 0 Å². The Balaban J connectivity index is 0.000000424. The highest BCUT2D eigenvalue weighted by molar-refractivity contribution is 4.77. The average Bonchev–Trinajstić information content (AvgIpc) is 2.37. The molecule has 1 rings (SSSR count). The Morgan fingerprint density at radius 1 is 1.31 bits per heavy atom. The minimum atomic E-state index is 0.815. The maximum atomic E-state index is 2.46. The van der Waals surface area contributed by atoms with Crippen molar-refractivity contribution in [3.05, 3.63) is 0 Å². The van der Waals surface area contributed by atoms with Crippen LogP contribution >= 0.6 is 0 Å². The summed E-state index contributed by atoms with van der Waals surface area (Å²) >= 11 is 0. The van der Waals surface area contributed by atoms with Gasteiger partial charge in [0.25, 0.3) is 0 Å². The van der Waals surface area contributed by atoms with E-state index in [1.807, 2.05) is 0 Å². The Labute approximate surface area is 83.9 Å². The topological polar surface area (TPSA) is 6.48 Å². The molecule has 0 spiro atoms. The van der Waals surface area contributed by atoms with E-state index in [9.17, 15) is 0 Å². The first kappa shape index (κ1) is 12.9. The van der Waals surface area contributed by atoms with Gasteiger partial charge in [0.2, 0.25) is 0 Å². The van der Waals surface area contributed by atoms with Crippen LogP contribution in [0.15, 0.2) is 0 Å². The van der Waals surface area contributed by atoms with Crippen LogP contribution in [-0.2, 0) is 0 Å². The van der Waals surface area contributed by atoms with E-state index in [4.69, 9.17) is 0 Å². The van der Waals surface area contributed by atoms with Crippen molar-refractivity contribution in [2.75, 3.05) is 34.2 Å². The summed E-state index contributed by atoms with van der Waals surface area (Å²) < 4.78 is 0. The third-order valence-electron chi connectivity index (χ3n) is 2.25. The first-order valence-corrected chi connectivity index (χ1v) is 5.46. The molecule has 0 amide bonds. The van der Waals surface area contributed by atoms with E-state index < -0.39 is 0 Å². The van der Waals surface area contributed by atoms with Crippen molar-refractivity contribution in [1.82, 2.24) is 9.80 Å². The molecule has 1 fully saturated rings. The lowest BCUT2D eigenvalue weighted by Gasteiger charge is -2.22. The largest absolute Gasteiger partial charge is 0.308 e. The van der Waals surface area contributed by atoms with Crippen molar-refractivity contribution in [1.29, 1.82) is 0 Å². The van der Waals surface area contributed by atoms with Crippen LogP contribution in [0.3, 0.4) is 0 Å². The number of likely N-dealkylation sites (tertiary alicyclic amines) is 1. The average molecular weight is 186 g/mol. The zero-order valence-corrected chi connectivity index (χ0v) is 10.0. The molecule has 13 heavy (non-hydrogen) atoms. The van der Waals surface area contributed by atoms with Crippen molar-refractivity contribution in [2.45, 2.75) is 39.2 Å². The van der Waals surface area contributed by atoms with E-state index in [1.165, 1.54) is 32.4 Å². The standard InChI is InChI=1S/C8H18N2.C3H8/c1-9(2)7-8-5-4-6-10(8)3;1-3-2/h8H,4-7H2,1-3H3;3H2,1-2H3. The summed E-state index contributed by atoms with van der Waals surface area (Å²) in [5.41, 5.74) is 0. The van der Waals surface area contributed by atoms with E-state index in [0.717, 1.165) is 6.04 Å². The highest BCUT2D eigenvalue weighted by Crippen LogP contribution is 2.14. The number of likely N-dealkylation sites (N-methyl/N-ethyl adjacent to an activating group) is 2. The van der Waals surface area contributed by atoms with Crippen molar-refractivity contribution in [3.63, 3.8) is 0 Å². The molecule has 2 nitrogen and oxygen atoms in total. The van der Waals surface area contributed by atoms with Gasteiger partial charge in [-0.2, -0.15) is 0 Å². The maximum Gasteiger partial charge on any atom is 0.0220 e. The molecule has 0 aromatic rings. The molecule has 2 heteroatoms. The molecule has 0 saturated carbocycles. The van der Waals surface area contributed by atoms with Gasteiger partial charge in [0.1, 0.15) is 0 Å². The molecule has 0 N–H and O–H groups in total. The quantitative estimate of drug-likeness (QED) is 0.651. The second kappa shape index (κ2) is 7.34. The summed E-state index contributed by atoms with van der Waals surface area (Å²) in [6.45, 7) is 6.76. The lowest BCUT2D eigenvalue weighted by atomic mass is 10.2. The van der Waals surface area contributed by atoms with Crippen LogP contribution < -0.4 is 0 Å². The van der Waals surface area contributed by atoms with Gasteiger partial charge in [-0.3, -0.25) is 0 Å². The van der Waals surface area contributed by atoms with Gasteiger partial charge in [0.15, 0.2) is 0 Å². The lowest BCUT2D eigenvalue weighted by molar-refractivity contribution is 0.244. The van der Waals surface area contributed by atoms with Gasteiger partial charge in [-0.15, -0.1) is 0 Å². The molecule has 1 heterocycles. The molecule has 0 aliphatic carbocycles. The Morgan fingerprint density at radius 2 is 1.85 bits per heavy atom. The zero-order chi connectivity index (χ0) is 10.3. The van der Waals surface area contributed by atoms with Crippen LogP contribution in [0.1, 0.15) is 33.1 Å². The van der Waals surface area contributed by atoms with E-state index in [2.05, 4.69) is 44.8 Å².